The van der Waals surface area contributed by atoms with Crippen molar-refractivity contribution in [3.05, 3.63) is 66.5 Å². The normalized spacial score (nSPS) is 13.2. The highest BCUT2D eigenvalue weighted by atomic mass is 16.5. The zero-order valence-electron chi connectivity index (χ0n) is 13.4. The Bertz CT molecular complexity index is 503. The van der Waals surface area contributed by atoms with Crippen LogP contribution in [0.3, 0.4) is 0 Å². The third-order valence-corrected chi connectivity index (χ3v) is 3.00. The van der Waals surface area contributed by atoms with Gasteiger partial charge in [-0.05, 0) is 37.8 Å². The number of aromatic nitrogens is 1. The van der Waals surface area contributed by atoms with Crippen LogP contribution in [0, 0.1) is 0 Å². The van der Waals surface area contributed by atoms with Crippen LogP contribution in [0.5, 0.6) is 0 Å². The smallest absolute Gasteiger partial charge is 0.302 e. The van der Waals surface area contributed by atoms with E-state index >= 15 is 0 Å². The van der Waals surface area contributed by atoms with Gasteiger partial charge in [0.1, 0.15) is 6.10 Å². The molecule has 3 heteroatoms. The molecular weight excluding hydrogens is 274 g/mol. The number of allylic oxidation sites excluding steroid dienone is 5. The molecule has 0 aliphatic heterocycles. The lowest BCUT2D eigenvalue weighted by Gasteiger charge is -2.07. The summed E-state index contributed by atoms with van der Waals surface area (Å²) < 4.78 is 5.03. The second kappa shape index (κ2) is 11.5. The molecule has 1 aromatic heterocycles. The van der Waals surface area contributed by atoms with Gasteiger partial charge in [-0.3, -0.25) is 9.78 Å². The predicted octanol–water partition coefficient (Wildman–Crippen LogP) is 4.41. The van der Waals surface area contributed by atoms with Crippen LogP contribution in [0.25, 0.3) is 0 Å². The van der Waals surface area contributed by atoms with E-state index in [4.69, 9.17) is 4.74 Å². The standard InChI is InChI=1S/C19H25NO2/c1-17(22-18(2)21)12-9-7-5-3-4-6-8-10-13-19-14-11-15-20-16-19/h3-7,9,11,14-17H,8,10,12-13H2,1-2H3. The van der Waals surface area contributed by atoms with E-state index in [2.05, 4.69) is 23.2 Å². The van der Waals surface area contributed by atoms with E-state index in [0.29, 0.717) is 0 Å². The van der Waals surface area contributed by atoms with E-state index in [1.54, 1.807) is 6.20 Å². The molecule has 0 radical (unpaired) electrons. The lowest BCUT2D eigenvalue weighted by molar-refractivity contribution is -0.145. The van der Waals surface area contributed by atoms with Gasteiger partial charge in [-0.15, -0.1) is 0 Å². The SMILES string of the molecule is CC(=O)OC(C)CC=CC=CC=CCCCc1cccnc1. The molecule has 1 atom stereocenters. The minimum atomic E-state index is -0.231. The quantitative estimate of drug-likeness (QED) is 0.385. The molecule has 22 heavy (non-hydrogen) atoms. The highest BCUT2D eigenvalue weighted by Crippen LogP contribution is 2.03. The van der Waals surface area contributed by atoms with Crippen molar-refractivity contribution in [2.24, 2.45) is 0 Å². The third-order valence-electron chi connectivity index (χ3n) is 3.00. The van der Waals surface area contributed by atoms with E-state index < -0.39 is 0 Å². The van der Waals surface area contributed by atoms with Gasteiger partial charge in [0.25, 0.3) is 0 Å². The summed E-state index contributed by atoms with van der Waals surface area (Å²) >= 11 is 0. The van der Waals surface area contributed by atoms with Crippen molar-refractivity contribution in [3.63, 3.8) is 0 Å². The fraction of sp³-hybridized carbons (Fsp3) is 0.368. The number of nitrogens with zero attached hydrogens (tertiary/aromatic N) is 1. The van der Waals surface area contributed by atoms with Gasteiger partial charge in [0, 0.05) is 25.7 Å². The molecule has 3 nitrogen and oxygen atoms in total. The van der Waals surface area contributed by atoms with Crippen molar-refractivity contribution < 1.29 is 9.53 Å². The Kier molecular flexibility index (Phi) is 9.35. The van der Waals surface area contributed by atoms with Crippen molar-refractivity contribution in [2.75, 3.05) is 0 Å². The van der Waals surface area contributed by atoms with Crippen LogP contribution < -0.4 is 0 Å². The van der Waals surface area contributed by atoms with E-state index in [0.717, 1.165) is 25.7 Å². The maximum absolute atomic E-state index is 10.7. The molecule has 1 aromatic rings. The van der Waals surface area contributed by atoms with Crippen molar-refractivity contribution in [1.82, 2.24) is 4.98 Å². The Labute approximate surface area is 133 Å². The first-order valence-electron chi connectivity index (χ1n) is 7.73. The number of ether oxygens (including phenoxy) is 1. The van der Waals surface area contributed by atoms with Crippen LogP contribution in [0.1, 0.15) is 38.7 Å². The molecule has 1 rings (SSSR count). The zero-order chi connectivity index (χ0) is 16.0. The number of unbranched alkanes of at least 4 members (excludes halogenated alkanes) is 1. The molecule has 0 fully saturated rings. The lowest BCUT2D eigenvalue weighted by atomic mass is 10.1. The van der Waals surface area contributed by atoms with Gasteiger partial charge >= 0.3 is 5.97 Å². The highest BCUT2D eigenvalue weighted by Gasteiger charge is 2.01. The Morgan fingerprint density at radius 3 is 2.73 bits per heavy atom. The number of carbonyl (C=O) groups excluding carboxylic acids is 1. The molecule has 1 unspecified atom stereocenters. The molecule has 118 valence electrons. The molecule has 1 heterocycles. The number of pyridine rings is 1. The summed E-state index contributed by atoms with van der Waals surface area (Å²) in [6.07, 6.45) is 19.8. The van der Waals surface area contributed by atoms with Gasteiger partial charge < -0.3 is 4.74 Å². The van der Waals surface area contributed by atoms with Crippen LogP contribution in [0.4, 0.5) is 0 Å². The second-order valence-corrected chi connectivity index (χ2v) is 5.15. The maximum Gasteiger partial charge on any atom is 0.302 e. The second-order valence-electron chi connectivity index (χ2n) is 5.15. The van der Waals surface area contributed by atoms with Gasteiger partial charge in [0.05, 0.1) is 0 Å². The maximum atomic E-state index is 10.7. The summed E-state index contributed by atoms with van der Waals surface area (Å²) in [6, 6.07) is 4.08. The summed E-state index contributed by atoms with van der Waals surface area (Å²) in [6.45, 7) is 3.32. The molecule has 0 saturated heterocycles. The Hall–Kier alpha value is -2.16. The number of carbonyl (C=O) groups is 1. The molecule has 0 bridgehead atoms. The first-order chi connectivity index (χ1) is 10.7. The Balaban J connectivity index is 2.08. The first kappa shape index (κ1) is 17.9. The summed E-state index contributed by atoms with van der Waals surface area (Å²) in [7, 11) is 0. The average Bonchev–Trinajstić information content (AvgIpc) is 2.49. The molecule has 0 spiro atoms. The number of hydrogen-bond donors (Lipinski definition) is 0. The minimum absolute atomic E-state index is 0.0647. The van der Waals surface area contributed by atoms with Crippen molar-refractivity contribution in [2.45, 2.75) is 45.6 Å². The van der Waals surface area contributed by atoms with Crippen LogP contribution in [-0.2, 0) is 16.0 Å². The fourth-order valence-corrected chi connectivity index (χ4v) is 1.95. The van der Waals surface area contributed by atoms with Crippen LogP contribution in [0.2, 0.25) is 0 Å². The van der Waals surface area contributed by atoms with Gasteiger partial charge in [-0.1, -0.05) is 42.5 Å². The fourth-order valence-electron chi connectivity index (χ4n) is 1.95. The molecular formula is C19H25NO2. The van der Waals surface area contributed by atoms with E-state index in [9.17, 15) is 4.79 Å². The number of esters is 1. The Morgan fingerprint density at radius 1 is 1.27 bits per heavy atom. The average molecular weight is 299 g/mol. The summed E-state index contributed by atoms with van der Waals surface area (Å²) in [5.74, 6) is -0.231. The van der Waals surface area contributed by atoms with E-state index in [-0.39, 0.29) is 12.1 Å². The topological polar surface area (TPSA) is 39.2 Å². The summed E-state index contributed by atoms with van der Waals surface area (Å²) in [5, 5.41) is 0. The lowest BCUT2D eigenvalue weighted by Crippen LogP contribution is -2.10. The zero-order valence-corrected chi connectivity index (χ0v) is 13.4. The molecule has 0 saturated carbocycles. The van der Waals surface area contributed by atoms with E-state index in [1.165, 1.54) is 12.5 Å². The van der Waals surface area contributed by atoms with Crippen molar-refractivity contribution in [1.29, 1.82) is 0 Å². The molecule has 0 aromatic carbocycles. The molecule has 0 aliphatic carbocycles. The number of hydrogen-bond acceptors (Lipinski definition) is 3. The van der Waals surface area contributed by atoms with Gasteiger partial charge in [-0.25, -0.2) is 0 Å². The highest BCUT2D eigenvalue weighted by molar-refractivity contribution is 5.66. The molecule has 0 aliphatic rings. The predicted molar refractivity (Wildman–Crippen MR) is 90.4 cm³/mol. The molecule has 0 N–H and O–H groups in total. The summed E-state index contributed by atoms with van der Waals surface area (Å²) in [4.78, 5) is 14.8. The number of aryl methyl sites for hydroxylation is 1. The molecule has 0 amide bonds. The van der Waals surface area contributed by atoms with E-state index in [1.807, 2.05) is 43.5 Å². The number of rotatable bonds is 9. The monoisotopic (exact) mass is 299 g/mol. The largest absolute Gasteiger partial charge is 0.463 e. The van der Waals surface area contributed by atoms with Crippen LogP contribution in [0.15, 0.2) is 61.0 Å². The minimum Gasteiger partial charge on any atom is -0.463 e. The van der Waals surface area contributed by atoms with Gasteiger partial charge in [-0.2, -0.15) is 0 Å². The van der Waals surface area contributed by atoms with Gasteiger partial charge in [0.15, 0.2) is 0 Å². The van der Waals surface area contributed by atoms with Crippen LogP contribution in [-0.4, -0.2) is 17.1 Å². The summed E-state index contributed by atoms with van der Waals surface area (Å²) in [5.41, 5.74) is 1.29. The van der Waals surface area contributed by atoms with Crippen molar-refractivity contribution in [3.8, 4) is 0 Å². The van der Waals surface area contributed by atoms with Crippen molar-refractivity contribution >= 4 is 5.97 Å². The Morgan fingerprint density at radius 2 is 2.05 bits per heavy atom. The first-order valence-corrected chi connectivity index (χ1v) is 7.73. The van der Waals surface area contributed by atoms with Gasteiger partial charge in [0.2, 0.25) is 0 Å². The van der Waals surface area contributed by atoms with Crippen LogP contribution >= 0.6 is 0 Å². The third kappa shape index (κ3) is 9.70.